The van der Waals surface area contributed by atoms with Crippen molar-refractivity contribution in [1.29, 1.82) is 0 Å². The predicted molar refractivity (Wildman–Crippen MR) is 77.1 cm³/mol. The standard InChI is InChI=1S/C13H13NO2.2CH4/c15-13(14-16)11-7-2-1-4-8-12-9-5-3-6-10-12;;/h1-11,16H,(H,14,15);2*1H4/b2-1+,8-4+,11-7+;;. The molecule has 1 aromatic rings. The Morgan fingerprint density at radius 3 is 2.22 bits per heavy atom. The van der Waals surface area contributed by atoms with Crippen molar-refractivity contribution in [1.82, 2.24) is 5.48 Å². The van der Waals surface area contributed by atoms with Crippen molar-refractivity contribution < 1.29 is 10.0 Å². The molecule has 0 saturated heterocycles. The first-order chi connectivity index (χ1) is 7.83. The molecule has 2 N–H and O–H groups in total. The van der Waals surface area contributed by atoms with Gasteiger partial charge in [0, 0.05) is 6.08 Å². The number of nitrogens with one attached hydrogen (secondary N) is 1. The lowest BCUT2D eigenvalue weighted by molar-refractivity contribution is -0.124. The largest absolute Gasteiger partial charge is 0.288 e. The molecular formula is C15H21NO2. The summed E-state index contributed by atoms with van der Waals surface area (Å²) >= 11 is 0. The summed E-state index contributed by atoms with van der Waals surface area (Å²) in [5.74, 6) is -0.545. The highest BCUT2D eigenvalue weighted by atomic mass is 16.5. The summed E-state index contributed by atoms with van der Waals surface area (Å²) in [6, 6.07) is 9.89. The lowest BCUT2D eigenvalue weighted by atomic mass is 10.2. The van der Waals surface area contributed by atoms with E-state index in [-0.39, 0.29) is 14.9 Å². The third-order valence-corrected chi connectivity index (χ3v) is 1.78. The number of hydrogen-bond acceptors (Lipinski definition) is 2. The normalized spacial score (nSPS) is 10.3. The molecule has 18 heavy (non-hydrogen) atoms. The second-order valence-electron chi connectivity index (χ2n) is 2.99. The first kappa shape index (κ1) is 18.2. The number of rotatable bonds is 4. The molecule has 1 amide bonds. The molecule has 0 atom stereocenters. The van der Waals surface area contributed by atoms with E-state index >= 15 is 0 Å². The van der Waals surface area contributed by atoms with Crippen molar-refractivity contribution in [2.45, 2.75) is 14.9 Å². The first-order valence-electron chi connectivity index (χ1n) is 4.83. The quantitative estimate of drug-likeness (QED) is 0.370. The zero-order valence-electron chi connectivity index (χ0n) is 8.71. The van der Waals surface area contributed by atoms with Gasteiger partial charge in [-0.05, 0) is 5.56 Å². The van der Waals surface area contributed by atoms with Crippen LogP contribution >= 0.6 is 0 Å². The van der Waals surface area contributed by atoms with Crippen LogP contribution in [0.15, 0.2) is 60.7 Å². The molecule has 0 aromatic heterocycles. The van der Waals surface area contributed by atoms with Crippen LogP contribution < -0.4 is 5.48 Å². The van der Waals surface area contributed by atoms with Crippen LogP contribution in [0.25, 0.3) is 6.08 Å². The predicted octanol–water partition coefficient (Wildman–Crippen LogP) is 3.59. The maximum absolute atomic E-state index is 10.6. The fourth-order valence-electron chi connectivity index (χ4n) is 1.04. The Balaban J connectivity index is 0. The minimum atomic E-state index is -0.545. The SMILES string of the molecule is C.C.O=C(/C=C/C=C/C=C/c1ccccc1)NO. The van der Waals surface area contributed by atoms with Crippen LogP contribution in [0.3, 0.4) is 0 Å². The Hall–Kier alpha value is -2.13. The molecule has 1 rings (SSSR count). The summed E-state index contributed by atoms with van der Waals surface area (Å²) in [4.78, 5) is 10.6. The van der Waals surface area contributed by atoms with Gasteiger partial charge in [-0.1, -0.05) is 75.6 Å². The van der Waals surface area contributed by atoms with E-state index in [1.807, 2.05) is 42.5 Å². The molecule has 0 aliphatic carbocycles. The molecule has 0 spiro atoms. The fourth-order valence-corrected chi connectivity index (χ4v) is 1.04. The zero-order valence-corrected chi connectivity index (χ0v) is 8.71. The molecule has 0 aliphatic heterocycles. The maximum atomic E-state index is 10.6. The first-order valence-corrected chi connectivity index (χ1v) is 4.83. The molecule has 0 unspecified atom stereocenters. The number of carbonyl (C=O) groups excluding carboxylic acids is 1. The van der Waals surface area contributed by atoms with Crippen molar-refractivity contribution >= 4 is 12.0 Å². The second kappa shape index (κ2) is 11.4. The Morgan fingerprint density at radius 2 is 1.61 bits per heavy atom. The second-order valence-corrected chi connectivity index (χ2v) is 2.99. The number of amides is 1. The van der Waals surface area contributed by atoms with Gasteiger partial charge in [0.2, 0.25) is 0 Å². The molecule has 0 heterocycles. The molecule has 0 aliphatic rings. The molecule has 0 saturated carbocycles. The van der Waals surface area contributed by atoms with Crippen LogP contribution in [0.4, 0.5) is 0 Å². The third-order valence-electron chi connectivity index (χ3n) is 1.78. The summed E-state index contributed by atoms with van der Waals surface area (Å²) in [6.07, 6.45) is 10.1. The Kier molecular flexibility index (Phi) is 11.5. The van der Waals surface area contributed by atoms with E-state index < -0.39 is 5.91 Å². The molecule has 1 aromatic carbocycles. The number of hydrogen-bond donors (Lipinski definition) is 2. The lowest BCUT2D eigenvalue weighted by Crippen LogP contribution is -2.14. The van der Waals surface area contributed by atoms with Gasteiger partial charge in [-0.15, -0.1) is 0 Å². The molecular weight excluding hydrogens is 226 g/mol. The van der Waals surface area contributed by atoms with Crippen molar-refractivity contribution in [3.8, 4) is 0 Å². The monoisotopic (exact) mass is 247 g/mol. The molecule has 0 bridgehead atoms. The Morgan fingerprint density at radius 1 is 1.00 bits per heavy atom. The van der Waals surface area contributed by atoms with Crippen LogP contribution in [-0.2, 0) is 4.79 Å². The average molecular weight is 247 g/mol. The Bertz CT molecular complexity index is 406. The molecule has 3 nitrogen and oxygen atoms in total. The van der Waals surface area contributed by atoms with Crippen molar-refractivity contribution in [2.75, 3.05) is 0 Å². The minimum Gasteiger partial charge on any atom is -0.288 e. The molecule has 0 radical (unpaired) electrons. The Labute approximate surface area is 109 Å². The van der Waals surface area contributed by atoms with Crippen LogP contribution in [0.5, 0.6) is 0 Å². The van der Waals surface area contributed by atoms with E-state index in [0.717, 1.165) is 5.56 Å². The number of benzene rings is 1. The van der Waals surface area contributed by atoms with Crippen LogP contribution in [-0.4, -0.2) is 11.1 Å². The van der Waals surface area contributed by atoms with E-state index in [0.29, 0.717) is 0 Å². The fraction of sp³-hybridized carbons (Fsp3) is 0.133. The molecule has 0 fully saturated rings. The zero-order chi connectivity index (χ0) is 11.6. The maximum Gasteiger partial charge on any atom is 0.267 e. The van der Waals surface area contributed by atoms with Gasteiger partial charge in [-0.25, -0.2) is 5.48 Å². The van der Waals surface area contributed by atoms with Crippen molar-refractivity contribution in [3.63, 3.8) is 0 Å². The van der Waals surface area contributed by atoms with E-state index in [1.54, 1.807) is 18.2 Å². The van der Waals surface area contributed by atoms with E-state index in [2.05, 4.69) is 0 Å². The molecule has 3 heteroatoms. The highest BCUT2D eigenvalue weighted by molar-refractivity contribution is 5.86. The van der Waals surface area contributed by atoms with Gasteiger partial charge >= 0.3 is 0 Å². The summed E-state index contributed by atoms with van der Waals surface area (Å²) in [5, 5.41) is 8.20. The van der Waals surface area contributed by atoms with E-state index in [4.69, 9.17) is 5.21 Å². The molecule has 98 valence electrons. The van der Waals surface area contributed by atoms with E-state index in [9.17, 15) is 4.79 Å². The average Bonchev–Trinajstić information content (AvgIpc) is 2.34. The van der Waals surface area contributed by atoms with Gasteiger partial charge in [0.1, 0.15) is 0 Å². The number of carbonyl (C=O) groups is 1. The van der Waals surface area contributed by atoms with Gasteiger partial charge in [0.15, 0.2) is 0 Å². The van der Waals surface area contributed by atoms with Crippen LogP contribution in [0, 0.1) is 0 Å². The van der Waals surface area contributed by atoms with Gasteiger partial charge in [-0.3, -0.25) is 10.0 Å². The van der Waals surface area contributed by atoms with Crippen LogP contribution in [0.2, 0.25) is 0 Å². The topological polar surface area (TPSA) is 49.3 Å². The smallest absolute Gasteiger partial charge is 0.267 e. The minimum absolute atomic E-state index is 0. The highest BCUT2D eigenvalue weighted by Gasteiger charge is 1.84. The van der Waals surface area contributed by atoms with Gasteiger partial charge in [0.05, 0.1) is 0 Å². The number of hydroxylamine groups is 1. The summed E-state index contributed by atoms with van der Waals surface area (Å²) in [7, 11) is 0. The van der Waals surface area contributed by atoms with Crippen molar-refractivity contribution in [2.24, 2.45) is 0 Å². The number of allylic oxidation sites excluding steroid dienone is 4. The van der Waals surface area contributed by atoms with Crippen LogP contribution in [0.1, 0.15) is 20.4 Å². The van der Waals surface area contributed by atoms with Gasteiger partial charge in [0.25, 0.3) is 5.91 Å². The summed E-state index contributed by atoms with van der Waals surface area (Å²) in [5.41, 5.74) is 2.62. The summed E-state index contributed by atoms with van der Waals surface area (Å²) < 4.78 is 0. The highest BCUT2D eigenvalue weighted by Crippen LogP contribution is 2.00. The van der Waals surface area contributed by atoms with Gasteiger partial charge in [-0.2, -0.15) is 0 Å². The lowest BCUT2D eigenvalue weighted by Gasteiger charge is -1.88. The van der Waals surface area contributed by atoms with Crippen molar-refractivity contribution in [3.05, 3.63) is 66.3 Å². The summed E-state index contributed by atoms with van der Waals surface area (Å²) in [6.45, 7) is 0. The van der Waals surface area contributed by atoms with Gasteiger partial charge < -0.3 is 0 Å². The van der Waals surface area contributed by atoms with E-state index in [1.165, 1.54) is 11.6 Å². The third kappa shape index (κ3) is 8.07.